The Morgan fingerprint density at radius 2 is 1.67 bits per heavy atom. The minimum atomic E-state index is -0.273. The number of carbonyl (C=O) groups is 2. The number of piperidine rings is 1. The smallest absolute Gasteiger partial charge is 0.320 e. The lowest BCUT2D eigenvalue weighted by atomic mass is 9.76. The number of rotatable bonds is 4. The average Bonchev–Trinajstić information content (AvgIpc) is 3.30. The molecule has 1 aromatic rings. The van der Waals surface area contributed by atoms with Gasteiger partial charge in [-0.25, -0.2) is 4.79 Å². The van der Waals surface area contributed by atoms with E-state index in [1.807, 2.05) is 46.7 Å². The molecule has 1 aromatic carbocycles. The third kappa shape index (κ3) is 4.14. The number of benzene rings is 1. The molecular weight excluding hydrogens is 378 g/mol. The second kappa shape index (κ2) is 8.86. The fourth-order valence-corrected chi connectivity index (χ4v) is 5.36. The molecule has 0 N–H and O–H groups in total. The van der Waals surface area contributed by atoms with Crippen molar-refractivity contribution in [2.75, 3.05) is 39.3 Å². The van der Waals surface area contributed by atoms with Gasteiger partial charge in [-0.05, 0) is 44.7 Å². The van der Waals surface area contributed by atoms with Crippen molar-refractivity contribution in [2.24, 2.45) is 0 Å². The lowest BCUT2D eigenvalue weighted by Gasteiger charge is -2.47. The lowest BCUT2D eigenvalue weighted by molar-refractivity contribution is -0.131. The quantitative estimate of drug-likeness (QED) is 0.753. The van der Waals surface area contributed by atoms with Gasteiger partial charge in [0.2, 0.25) is 5.91 Å². The first-order chi connectivity index (χ1) is 14.5. The standard InChI is InChI=1S/C24H35N3O3/c1-3-25(4-2)22(28)17-19-18-24(30-21-10-6-5-9-20(19)21)11-15-27(16-12-24)23(29)26-13-7-8-14-26/h5-6,9-10,19H,3-4,7-8,11-18H2,1-2H3/t19-/m1/s1. The SMILES string of the molecule is CCN(CC)C(=O)C[C@@H]1CC2(CCN(C(=O)N3CCCC3)CC2)Oc2ccccc21. The predicted octanol–water partition coefficient (Wildman–Crippen LogP) is 3.86. The van der Waals surface area contributed by atoms with Crippen molar-refractivity contribution < 1.29 is 14.3 Å². The molecule has 4 rings (SSSR count). The number of carbonyl (C=O) groups excluding carboxylic acids is 2. The van der Waals surface area contributed by atoms with E-state index in [4.69, 9.17) is 4.74 Å². The normalized spacial score (nSPS) is 22.5. The van der Waals surface area contributed by atoms with Crippen molar-refractivity contribution in [3.63, 3.8) is 0 Å². The van der Waals surface area contributed by atoms with Crippen LogP contribution in [0, 0.1) is 0 Å². The average molecular weight is 414 g/mol. The molecule has 6 nitrogen and oxygen atoms in total. The first kappa shape index (κ1) is 21.0. The highest BCUT2D eigenvalue weighted by Gasteiger charge is 2.45. The van der Waals surface area contributed by atoms with Crippen LogP contribution in [0.2, 0.25) is 0 Å². The summed E-state index contributed by atoms with van der Waals surface area (Å²) in [5.74, 6) is 1.31. The highest BCUT2D eigenvalue weighted by atomic mass is 16.5. The summed E-state index contributed by atoms with van der Waals surface area (Å²) in [4.78, 5) is 31.6. The zero-order chi connectivity index (χ0) is 21.1. The molecule has 0 bridgehead atoms. The van der Waals surface area contributed by atoms with Crippen LogP contribution in [-0.4, -0.2) is 71.5 Å². The van der Waals surface area contributed by atoms with Crippen molar-refractivity contribution in [2.45, 2.75) is 63.9 Å². The van der Waals surface area contributed by atoms with E-state index >= 15 is 0 Å². The molecule has 3 aliphatic heterocycles. The second-order valence-corrected chi connectivity index (χ2v) is 8.96. The molecule has 0 aromatic heterocycles. The van der Waals surface area contributed by atoms with E-state index in [0.717, 1.165) is 82.7 Å². The van der Waals surface area contributed by atoms with Gasteiger partial charge in [-0.1, -0.05) is 18.2 Å². The molecule has 2 saturated heterocycles. The highest BCUT2D eigenvalue weighted by molar-refractivity contribution is 5.77. The van der Waals surface area contributed by atoms with Crippen LogP contribution in [0.1, 0.15) is 63.9 Å². The van der Waals surface area contributed by atoms with Gasteiger partial charge in [0.25, 0.3) is 0 Å². The van der Waals surface area contributed by atoms with Gasteiger partial charge in [0.1, 0.15) is 11.4 Å². The summed E-state index contributed by atoms with van der Waals surface area (Å²) in [7, 11) is 0. The van der Waals surface area contributed by atoms with E-state index in [1.54, 1.807) is 0 Å². The molecule has 3 aliphatic rings. The zero-order valence-electron chi connectivity index (χ0n) is 18.4. The van der Waals surface area contributed by atoms with Crippen molar-refractivity contribution in [1.82, 2.24) is 14.7 Å². The van der Waals surface area contributed by atoms with Gasteiger partial charge in [0, 0.05) is 64.4 Å². The maximum absolute atomic E-state index is 12.9. The van der Waals surface area contributed by atoms with Crippen LogP contribution in [0.15, 0.2) is 24.3 Å². The van der Waals surface area contributed by atoms with Gasteiger partial charge < -0.3 is 19.4 Å². The molecule has 2 fully saturated rings. The topological polar surface area (TPSA) is 53.1 Å². The number of likely N-dealkylation sites (tertiary alicyclic amines) is 2. The third-order valence-electron chi connectivity index (χ3n) is 7.16. The van der Waals surface area contributed by atoms with Gasteiger partial charge >= 0.3 is 6.03 Å². The Morgan fingerprint density at radius 3 is 2.33 bits per heavy atom. The lowest BCUT2D eigenvalue weighted by Crippen LogP contribution is -2.54. The van der Waals surface area contributed by atoms with E-state index in [9.17, 15) is 9.59 Å². The Labute approximate surface area is 180 Å². The van der Waals surface area contributed by atoms with Crippen LogP contribution in [0.3, 0.4) is 0 Å². The van der Waals surface area contributed by atoms with Crippen LogP contribution in [0.5, 0.6) is 5.75 Å². The molecule has 0 unspecified atom stereocenters. The number of hydrogen-bond donors (Lipinski definition) is 0. The van der Waals surface area contributed by atoms with Crippen LogP contribution in [0.4, 0.5) is 4.79 Å². The molecule has 0 saturated carbocycles. The molecule has 0 radical (unpaired) electrons. The summed E-state index contributed by atoms with van der Waals surface area (Å²) in [6.45, 7) is 8.81. The summed E-state index contributed by atoms with van der Waals surface area (Å²) in [5, 5.41) is 0. The molecule has 3 amide bonds. The largest absolute Gasteiger partial charge is 0.487 e. The minimum Gasteiger partial charge on any atom is -0.487 e. The monoisotopic (exact) mass is 413 g/mol. The number of amides is 3. The molecule has 3 heterocycles. The first-order valence-electron chi connectivity index (χ1n) is 11.6. The summed E-state index contributed by atoms with van der Waals surface area (Å²) in [6.07, 6.45) is 5.27. The zero-order valence-corrected chi connectivity index (χ0v) is 18.4. The van der Waals surface area contributed by atoms with E-state index in [-0.39, 0.29) is 23.5 Å². The molecule has 164 valence electrons. The fourth-order valence-electron chi connectivity index (χ4n) is 5.36. The summed E-state index contributed by atoms with van der Waals surface area (Å²) >= 11 is 0. The Bertz CT molecular complexity index is 763. The predicted molar refractivity (Wildman–Crippen MR) is 117 cm³/mol. The molecule has 1 spiro atoms. The number of urea groups is 1. The van der Waals surface area contributed by atoms with E-state index in [2.05, 4.69) is 6.07 Å². The first-order valence-corrected chi connectivity index (χ1v) is 11.6. The number of nitrogens with zero attached hydrogens (tertiary/aromatic N) is 3. The Balaban J connectivity index is 1.47. The van der Waals surface area contributed by atoms with Gasteiger partial charge in [0.15, 0.2) is 0 Å². The van der Waals surface area contributed by atoms with Crippen molar-refractivity contribution in [3.05, 3.63) is 29.8 Å². The maximum Gasteiger partial charge on any atom is 0.320 e. The Hall–Kier alpha value is -2.24. The molecule has 30 heavy (non-hydrogen) atoms. The summed E-state index contributed by atoms with van der Waals surface area (Å²) in [6, 6.07) is 8.37. The Morgan fingerprint density at radius 1 is 1.03 bits per heavy atom. The van der Waals surface area contributed by atoms with Crippen LogP contribution in [0.25, 0.3) is 0 Å². The van der Waals surface area contributed by atoms with Crippen molar-refractivity contribution in [3.8, 4) is 5.75 Å². The molecule has 0 aliphatic carbocycles. The molecule has 6 heteroatoms. The van der Waals surface area contributed by atoms with Gasteiger partial charge in [-0.2, -0.15) is 0 Å². The van der Waals surface area contributed by atoms with Crippen molar-refractivity contribution in [1.29, 1.82) is 0 Å². The molecular formula is C24H35N3O3. The van der Waals surface area contributed by atoms with E-state index < -0.39 is 0 Å². The Kier molecular flexibility index (Phi) is 6.21. The van der Waals surface area contributed by atoms with Gasteiger partial charge in [0.05, 0.1) is 0 Å². The number of ether oxygens (including phenoxy) is 1. The number of fused-ring (bicyclic) bond motifs is 1. The maximum atomic E-state index is 12.9. The highest BCUT2D eigenvalue weighted by Crippen LogP contribution is 2.46. The second-order valence-electron chi connectivity index (χ2n) is 8.96. The van der Waals surface area contributed by atoms with Gasteiger partial charge in [-0.3, -0.25) is 4.79 Å². The third-order valence-corrected chi connectivity index (χ3v) is 7.16. The van der Waals surface area contributed by atoms with E-state index in [0.29, 0.717) is 6.42 Å². The van der Waals surface area contributed by atoms with Crippen LogP contribution in [-0.2, 0) is 4.79 Å². The van der Waals surface area contributed by atoms with Crippen molar-refractivity contribution >= 4 is 11.9 Å². The summed E-state index contributed by atoms with van der Waals surface area (Å²) < 4.78 is 6.56. The van der Waals surface area contributed by atoms with Crippen LogP contribution >= 0.6 is 0 Å². The minimum absolute atomic E-state index is 0.170. The molecule has 1 atom stereocenters. The number of para-hydroxylation sites is 1. The summed E-state index contributed by atoms with van der Waals surface area (Å²) in [5.41, 5.74) is 0.879. The van der Waals surface area contributed by atoms with Crippen LogP contribution < -0.4 is 4.74 Å². The van der Waals surface area contributed by atoms with Gasteiger partial charge in [-0.15, -0.1) is 0 Å². The van der Waals surface area contributed by atoms with E-state index in [1.165, 1.54) is 0 Å². The number of hydrogen-bond acceptors (Lipinski definition) is 3. The fraction of sp³-hybridized carbons (Fsp3) is 0.667.